The van der Waals surface area contributed by atoms with Crippen LogP contribution in [0.2, 0.25) is 0 Å². The van der Waals surface area contributed by atoms with Gasteiger partial charge in [0.15, 0.2) is 12.7 Å². The predicted molar refractivity (Wildman–Crippen MR) is 73.1 cm³/mol. The Morgan fingerprint density at radius 2 is 1.96 bits per heavy atom. The van der Waals surface area contributed by atoms with E-state index in [1.807, 2.05) is 0 Å². The molecule has 24 heavy (non-hydrogen) atoms. The number of carbonyl (C=O) groups is 3. The van der Waals surface area contributed by atoms with E-state index in [-0.39, 0.29) is 12.0 Å². The molecule has 0 aromatic heterocycles. The van der Waals surface area contributed by atoms with E-state index in [9.17, 15) is 22.8 Å². The molecule has 11 heteroatoms. The summed E-state index contributed by atoms with van der Waals surface area (Å²) >= 11 is 0. The molecule has 3 fully saturated rings. The van der Waals surface area contributed by atoms with E-state index in [1.165, 1.54) is 0 Å². The van der Waals surface area contributed by atoms with E-state index in [4.69, 9.17) is 18.8 Å². The molecule has 0 amide bonds. The third-order valence-electron chi connectivity index (χ3n) is 4.03. The highest BCUT2D eigenvalue weighted by atomic mass is 32.2. The van der Waals surface area contributed by atoms with Crippen LogP contribution in [0.15, 0.2) is 12.2 Å². The van der Waals surface area contributed by atoms with Gasteiger partial charge >= 0.3 is 17.9 Å². The van der Waals surface area contributed by atoms with Crippen LogP contribution in [0.5, 0.6) is 0 Å². The van der Waals surface area contributed by atoms with Crippen molar-refractivity contribution in [1.29, 1.82) is 0 Å². The van der Waals surface area contributed by atoms with Gasteiger partial charge in [-0.1, -0.05) is 6.58 Å². The number of carbonyl (C=O) groups excluding carboxylic acids is 2. The molecule has 5 atom stereocenters. The highest BCUT2D eigenvalue weighted by Gasteiger charge is 2.67. The first-order valence-corrected chi connectivity index (χ1v) is 8.50. The van der Waals surface area contributed by atoms with E-state index in [0.717, 1.165) is 0 Å². The van der Waals surface area contributed by atoms with Crippen molar-refractivity contribution in [2.24, 2.45) is 0 Å². The fourth-order valence-corrected chi connectivity index (χ4v) is 4.68. The fraction of sp³-hybridized carbons (Fsp3) is 0.615. The molecule has 0 aromatic rings. The molecule has 0 spiro atoms. The Morgan fingerprint density at radius 3 is 2.62 bits per heavy atom. The summed E-state index contributed by atoms with van der Waals surface area (Å²) in [5.41, 5.74) is -0.275. The first-order valence-electron chi connectivity index (χ1n) is 7.03. The van der Waals surface area contributed by atoms with Crippen LogP contribution in [0.4, 0.5) is 0 Å². The third kappa shape index (κ3) is 2.89. The van der Waals surface area contributed by atoms with Crippen LogP contribution < -0.4 is 0 Å². The van der Waals surface area contributed by atoms with E-state index in [2.05, 4.69) is 11.3 Å². The highest BCUT2D eigenvalue weighted by Crippen LogP contribution is 2.47. The van der Waals surface area contributed by atoms with Crippen molar-refractivity contribution in [3.8, 4) is 0 Å². The summed E-state index contributed by atoms with van der Waals surface area (Å²) < 4.78 is 43.5. The molecule has 0 aliphatic carbocycles. The minimum absolute atomic E-state index is 0.184. The Labute approximate surface area is 136 Å². The second-order valence-electron chi connectivity index (χ2n) is 5.67. The summed E-state index contributed by atoms with van der Waals surface area (Å²) in [6.07, 6.45) is -3.31. The zero-order valence-corrected chi connectivity index (χ0v) is 13.1. The SMILES string of the molecule is C=C(CC(=O)OC1C2CC3C(O2)C1OS3(=O)=O)C(=O)OCC(=O)O. The number of hydrogen-bond acceptors (Lipinski definition) is 9. The minimum atomic E-state index is -3.72. The molecule has 1 N–H and O–H groups in total. The Kier molecular flexibility index (Phi) is 4.10. The average molecular weight is 362 g/mol. The lowest BCUT2D eigenvalue weighted by atomic mass is 9.94. The average Bonchev–Trinajstić information content (AvgIpc) is 3.08. The zero-order chi connectivity index (χ0) is 17.6. The van der Waals surface area contributed by atoms with Crippen molar-refractivity contribution in [2.45, 2.75) is 42.5 Å². The summed E-state index contributed by atoms with van der Waals surface area (Å²) in [6.45, 7) is 2.49. The van der Waals surface area contributed by atoms with Crippen LogP contribution in [-0.4, -0.2) is 67.7 Å². The number of ether oxygens (including phenoxy) is 3. The van der Waals surface area contributed by atoms with Gasteiger partial charge in [0.1, 0.15) is 17.5 Å². The summed E-state index contributed by atoms with van der Waals surface area (Å²) in [5, 5.41) is 7.67. The molecule has 0 aromatic carbocycles. The summed E-state index contributed by atoms with van der Waals surface area (Å²) in [5.74, 6) is -3.21. The van der Waals surface area contributed by atoms with Gasteiger partial charge in [0, 0.05) is 5.57 Å². The summed E-state index contributed by atoms with van der Waals surface area (Å²) in [7, 11) is -3.72. The van der Waals surface area contributed by atoms with Crippen LogP contribution in [0, 0.1) is 0 Å². The molecule has 2 bridgehead atoms. The lowest BCUT2D eigenvalue weighted by Crippen LogP contribution is -2.41. The van der Waals surface area contributed by atoms with Gasteiger partial charge in [0.2, 0.25) is 0 Å². The molecule has 3 aliphatic heterocycles. The van der Waals surface area contributed by atoms with Crippen LogP contribution in [-0.2, 0) is 42.9 Å². The third-order valence-corrected chi connectivity index (χ3v) is 5.73. The molecule has 0 saturated carbocycles. The van der Waals surface area contributed by atoms with Gasteiger partial charge in [0.25, 0.3) is 10.1 Å². The van der Waals surface area contributed by atoms with Crippen LogP contribution in [0.25, 0.3) is 0 Å². The van der Waals surface area contributed by atoms with E-state index >= 15 is 0 Å². The van der Waals surface area contributed by atoms with Gasteiger partial charge < -0.3 is 19.3 Å². The van der Waals surface area contributed by atoms with E-state index in [1.54, 1.807) is 0 Å². The van der Waals surface area contributed by atoms with Gasteiger partial charge in [-0.05, 0) is 6.42 Å². The standard InChI is InChI=1S/C13H14O10S/c1-5(13(17)20-4-8(14)15)2-9(16)22-10-6-3-7-11(21-6)12(10)23-24(7,18)19/h6-7,10-12H,1-4H2,(H,14,15). The molecule has 0 radical (unpaired) electrons. The van der Waals surface area contributed by atoms with E-state index < -0.39 is 70.7 Å². The largest absolute Gasteiger partial charge is 0.479 e. The molecule has 132 valence electrons. The Bertz CT molecular complexity index is 710. The number of carboxylic acids is 1. The molecule has 10 nitrogen and oxygen atoms in total. The van der Waals surface area contributed by atoms with Crippen LogP contribution >= 0.6 is 0 Å². The second kappa shape index (κ2) is 5.83. The molecule has 3 saturated heterocycles. The monoisotopic (exact) mass is 362 g/mol. The lowest BCUT2D eigenvalue weighted by molar-refractivity contribution is -0.156. The maximum Gasteiger partial charge on any atom is 0.341 e. The van der Waals surface area contributed by atoms with Crippen molar-refractivity contribution in [1.82, 2.24) is 0 Å². The molecular weight excluding hydrogens is 348 g/mol. The lowest BCUT2D eigenvalue weighted by Gasteiger charge is -2.21. The number of hydrogen-bond donors (Lipinski definition) is 1. The number of carboxylic acid groups (broad SMARTS) is 1. The fourth-order valence-electron chi connectivity index (χ4n) is 3.04. The van der Waals surface area contributed by atoms with Crippen molar-refractivity contribution >= 4 is 28.0 Å². The molecular formula is C13H14O10S. The maximum atomic E-state index is 11.9. The van der Waals surface area contributed by atoms with Crippen molar-refractivity contribution in [3.63, 3.8) is 0 Å². The molecule has 5 unspecified atom stereocenters. The molecule has 3 aliphatic rings. The predicted octanol–water partition coefficient (Wildman–Crippen LogP) is -1.26. The Morgan fingerprint density at radius 1 is 1.25 bits per heavy atom. The van der Waals surface area contributed by atoms with Crippen LogP contribution in [0.1, 0.15) is 12.8 Å². The number of rotatable bonds is 6. The quantitative estimate of drug-likeness (QED) is 0.345. The van der Waals surface area contributed by atoms with Crippen molar-refractivity contribution in [3.05, 3.63) is 12.2 Å². The topological polar surface area (TPSA) is 142 Å². The first kappa shape index (κ1) is 16.9. The smallest absolute Gasteiger partial charge is 0.341 e. The van der Waals surface area contributed by atoms with Gasteiger partial charge in [-0.2, -0.15) is 8.42 Å². The van der Waals surface area contributed by atoms with E-state index in [0.29, 0.717) is 0 Å². The van der Waals surface area contributed by atoms with Gasteiger partial charge in [-0.3, -0.25) is 8.98 Å². The maximum absolute atomic E-state index is 11.9. The molecule has 3 heterocycles. The van der Waals surface area contributed by atoms with Crippen LogP contribution in [0.3, 0.4) is 0 Å². The molecule has 3 rings (SSSR count). The number of esters is 2. The zero-order valence-electron chi connectivity index (χ0n) is 12.2. The van der Waals surface area contributed by atoms with Crippen molar-refractivity contribution in [2.75, 3.05) is 6.61 Å². The Balaban J connectivity index is 1.54. The Hall–Kier alpha value is -1.98. The highest BCUT2D eigenvalue weighted by molar-refractivity contribution is 7.87. The first-order chi connectivity index (χ1) is 11.2. The van der Waals surface area contributed by atoms with Gasteiger partial charge in [-0.25, -0.2) is 9.59 Å². The summed E-state index contributed by atoms with van der Waals surface area (Å²) in [4.78, 5) is 33.6. The van der Waals surface area contributed by atoms with Crippen molar-refractivity contribution < 1.29 is 46.3 Å². The van der Waals surface area contributed by atoms with Gasteiger partial charge in [0.05, 0.1) is 12.5 Å². The van der Waals surface area contributed by atoms with Gasteiger partial charge in [-0.15, -0.1) is 0 Å². The number of fused-ring (bicyclic) bond motifs is 1. The number of aliphatic carboxylic acids is 1. The second-order valence-corrected chi connectivity index (χ2v) is 7.46. The summed E-state index contributed by atoms with van der Waals surface area (Å²) in [6, 6.07) is 0. The normalized spacial score (nSPS) is 34.8. The minimum Gasteiger partial charge on any atom is -0.479 e.